The van der Waals surface area contributed by atoms with Crippen molar-refractivity contribution in [1.82, 2.24) is 15.0 Å². The molecule has 0 aliphatic heterocycles. The Balaban J connectivity index is 2.43. The molecule has 1 heterocycles. The molecule has 2 rings (SSSR count). The van der Waals surface area contributed by atoms with E-state index >= 15 is 0 Å². The summed E-state index contributed by atoms with van der Waals surface area (Å²) in [6.07, 6.45) is 1.01. The van der Waals surface area contributed by atoms with Crippen molar-refractivity contribution in [3.05, 3.63) is 29.3 Å². The van der Waals surface area contributed by atoms with Gasteiger partial charge < -0.3 is 10.2 Å². The van der Waals surface area contributed by atoms with Crippen LogP contribution < -0.4 is 10.2 Å². The molecule has 0 saturated heterocycles. The highest BCUT2D eigenvalue weighted by molar-refractivity contribution is 6.30. The Morgan fingerprint density at radius 3 is 2.65 bits per heavy atom. The van der Waals surface area contributed by atoms with Gasteiger partial charge in [-0.15, -0.1) is 0 Å². The predicted molar refractivity (Wildman–Crippen MR) is 83.4 cm³/mol. The Bertz CT molecular complexity index is 586. The van der Waals surface area contributed by atoms with Crippen LogP contribution in [0.15, 0.2) is 24.3 Å². The van der Waals surface area contributed by atoms with Gasteiger partial charge >= 0.3 is 0 Å². The molecule has 1 aromatic carbocycles. The second kappa shape index (κ2) is 6.52. The van der Waals surface area contributed by atoms with Crippen LogP contribution in [-0.2, 0) is 0 Å². The van der Waals surface area contributed by atoms with Gasteiger partial charge in [-0.25, -0.2) is 0 Å². The van der Waals surface area contributed by atoms with Crippen LogP contribution in [0.4, 0.5) is 11.9 Å². The van der Waals surface area contributed by atoms with Gasteiger partial charge in [-0.1, -0.05) is 30.7 Å². The van der Waals surface area contributed by atoms with E-state index in [1.807, 2.05) is 43.3 Å². The van der Waals surface area contributed by atoms with Crippen molar-refractivity contribution in [2.45, 2.75) is 13.3 Å². The van der Waals surface area contributed by atoms with E-state index in [0.717, 1.165) is 18.5 Å². The van der Waals surface area contributed by atoms with Crippen molar-refractivity contribution >= 4 is 23.5 Å². The van der Waals surface area contributed by atoms with Gasteiger partial charge in [0, 0.05) is 31.2 Å². The largest absolute Gasteiger partial charge is 0.354 e. The Hall–Kier alpha value is -1.88. The second-order valence-corrected chi connectivity index (χ2v) is 5.05. The lowest BCUT2D eigenvalue weighted by atomic mass is 10.2. The van der Waals surface area contributed by atoms with Crippen LogP contribution in [0.1, 0.15) is 13.3 Å². The van der Waals surface area contributed by atoms with E-state index in [0.29, 0.717) is 22.7 Å². The molecule has 2 aromatic rings. The van der Waals surface area contributed by atoms with Crippen LogP contribution >= 0.6 is 11.6 Å². The molecule has 0 radical (unpaired) electrons. The fourth-order valence-corrected chi connectivity index (χ4v) is 1.83. The van der Waals surface area contributed by atoms with Crippen molar-refractivity contribution in [2.75, 3.05) is 30.9 Å². The average Bonchev–Trinajstić information content (AvgIpc) is 2.44. The highest BCUT2D eigenvalue weighted by atomic mass is 35.5. The molecule has 0 unspecified atom stereocenters. The summed E-state index contributed by atoms with van der Waals surface area (Å²) in [5.74, 6) is 1.82. The van der Waals surface area contributed by atoms with Gasteiger partial charge in [0.1, 0.15) is 0 Å². The number of hydrogen-bond acceptors (Lipinski definition) is 5. The molecule has 0 amide bonds. The van der Waals surface area contributed by atoms with E-state index < -0.39 is 0 Å². The lowest BCUT2D eigenvalue weighted by Crippen LogP contribution is -2.16. The second-order valence-electron chi connectivity index (χ2n) is 4.61. The van der Waals surface area contributed by atoms with Gasteiger partial charge in [0.25, 0.3) is 0 Å². The Morgan fingerprint density at radius 1 is 1.20 bits per heavy atom. The molecule has 0 aliphatic carbocycles. The number of aromatic nitrogens is 3. The third kappa shape index (κ3) is 3.57. The minimum Gasteiger partial charge on any atom is -0.354 e. The first-order valence-electron chi connectivity index (χ1n) is 6.53. The standard InChI is InChI=1S/C14H18ClN5/c1-4-8-16-13-17-12(18-14(19-13)20(2)3)10-6-5-7-11(15)9-10/h5-7,9H,4,8H2,1-3H3,(H,16,17,18,19). The maximum Gasteiger partial charge on any atom is 0.230 e. The zero-order valence-electron chi connectivity index (χ0n) is 11.9. The van der Waals surface area contributed by atoms with Gasteiger partial charge in [0.05, 0.1) is 0 Å². The summed E-state index contributed by atoms with van der Waals surface area (Å²) < 4.78 is 0. The number of anilines is 2. The van der Waals surface area contributed by atoms with Crippen LogP contribution in [0.5, 0.6) is 0 Å². The molecule has 1 aromatic heterocycles. The van der Waals surface area contributed by atoms with Gasteiger partial charge in [-0.3, -0.25) is 0 Å². The zero-order valence-corrected chi connectivity index (χ0v) is 12.6. The van der Waals surface area contributed by atoms with E-state index in [4.69, 9.17) is 11.6 Å². The maximum absolute atomic E-state index is 6.02. The van der Waals surface area contributed by atoms with Gasteiger partial charge in [-0.05, 0) is 18.6 Å². The topological polar surface area (TPSA) is 53.9 Å². The summed E-state index contributed by atoms with van der Waals surface area (Å²) in [5.41, 5.74) is 0.877. The first kappa shape index (κ1) is 14.5. The van der Waals surface area contributed by atoms with Gasteiger partial charge in [0.15, 0.2) is 5.82 Å². The molecule has 0 spiro atoms. The summed E-state index contributed by atoms with van der Waals surface area (Å²) in [7, 11) is 3.81. The third-order valence-electron chi connectivity index (χ3n) is 2.64. The smallest absolute Gasteiger partial charge is 0.230 e. The van der Waals surface area contributed by atoms with E-state index in [9.17, 15) is 0 Å². The fourth-order valence-electron chi connectivity index (χ4n) is 1.64. The summed E-state index contributed by atoms with van der Waals surface area (Å²) in [4.78, 5) is 15.1. The number of nitrogens with zero attached hydrogens (tertiary/aromatic N) is 4. The van der Waals surface area contributed by atoms with Crippen LogP contribution in [0, 0.1) is 0 Å². The maximum atomic E-state index is 6.02. The molecule has 0 atom stereocenters. The van der Waals surface area contributed by atoms with Crippen molar-refractivity contribution in [2.24, 2.45) is 0 Å². The van der Waals surface area contributed by atoms with Crippen molar-refractivity contribution in [3.8, 4) is 11.4 Å². The first-order chi connectivity index (χ1) is 9.60. The number of nitrogens with one attached hydrogen (secondary N) is 1. The Morgan fingerprint density at radius 2 is 2.00 bits per heavy atom. The normalized spacial score (nSPS) is 10.4. The van der Waals surface area contributed by atoms with Crippen LogP contribution in [0.25, 0.3) is 11.4 Å². The van der Waals surface area contributed by atoms with Gasteiger partial charge in [0.2, 0.25) is 11.9 Å². The molecule has 0 fully saturated rings. The number of halogens is 1. The number of rotatable bonds is 5. The van der Waals surface area contributed by atoms with Gasteiger partial charge in [-0.2, -0.15) is 15.0 Å². The summed E-state index contributed by atoms with van der Waals surface area (Å²) in [6, 6.07) is 7.50. The van der Waals surface area contributed by atoms with E-state index in [1.165, 1.54) is 0 Å². The lowest BCUT2D eigenvalue weighted by molar-refractivity contribution is 0.920. The van der Waals surface area contributed by atoms with E-state index in [1.54, 1.807) is 0 Å². The van der Waals surface area contributed by atoms with Crippen LogP contribution in [0.2, 0.25) is 5.02 Å². The van der Waals surface area contributed by atoms with Crippen molar-refractivity contribution in [3.63, 3.8) is 0 Å². The molecule has 1 N–H and O–H groups in total. The molecular formula is C14H18ClN5. The quantitative estimate of drug-likeness (QED) is 0.917. The molecular weight excluding hydrogens is 274 g/mol. The molecule has 0 aliphatic rings. The Labute approximate surface area is 124 Å². The fraction of sp³-hybridized carbons (Fsp3) is 0.357. The highest BCUT2D eigenvalue weighted by Gasteiger charge is 2.10. The predicted octanol–water partition coefficient (Wildman–Crippen LogP) is 3.08. The molecule has 0 saturated carbocycles. The summed E-state index contributed by atoms with van der Waals surface area (Å²) in [5, 5.41) is 3.86. The van der Waals surface area contributed by atoms with E-state index in [-0.39, 0.29) is 0 Å². The van der Waals surface area contributed by atoms with Crippen molar-refractivity contribution in [1.29, 1.82) is 0 Å². The molecule has 5 nitrogen and oxygen atoms in total. The molecule has 106 valence electrons. The molecule has 20 heavy (non-hydrogen) atoms. The minimum absolute atomic E-state index is 0.584. The average molecular weight is 292 g/mol. The summed E-state index contributed by atoms with van der Waals surface area (Å²) >= 11 is 6.02. The minimum atomic E-state index is 0.584. The lowest BCUT2D eigenvalue weighted by Gasteiger charge is -2.13. The zero-order chi connectivity index (χ0) is 14.5. The van der Waals surface area contributed by atoms with Crippen molar-refractivity contribution < 1.29 is 0 Å². The first-order valence-corrected chi connectivity index (χ1v) is 6.91. The number of benzene rings is 1. The van der Waals surface area contributed by atoms with Crippen LogP contribution in [0.3, 0.4) is 0 Å². The Kier molecular flexibility index (Phi) is 4.74. The molecule has 6 heteroatoms. The number of hydrogen-bond donors (Lipinski definition) is 1. The summed E-state index contributed by atoms with van der Waals surface area (Å²) in [6.45, 7) is 2.92. The third-order valence-corrected chi connectivity index (χ3v) is 2.87. The molecule has 0 bridgehead atoms. The van der Waals surface area contributed by atoms with Crippen LogP contribution in [-0.4, -0.2) is 35.6 Å². The van der Waals surface area contributed by atoms with E-state index in [2.05, 4.69) is 27.2 Å². The highest BCUT2D eigenvalue weighted by Crippen LogP contribution is 2.21. The SMILES string of the molecule is CCCNc1nc(-c2cccc(Cl)c2)nc(N(C)C)n1. The monoisotopic (exact) mass is 291 g/mol.